The summed E-state index contributed by atoms with van der Waals surface area (Å²) in [6, 6.07) is 8.14. The van der Waals surface area contributed by atoms with Crippen LogP contribution < -0.4 is 5.73 Å². The van der Waals surface area contributed by atoms with Crippen LogP contribution in [0.4, 0.5) is 0 Å². The molecule has 148 valence electrons. The summed E-state index contributed by atoms with van der Waals surface area (Å²) in [5, 5.41) is 4.57. The first-order chi connectivity index (χ1) is 12.4. The summed E-state index contributed by atoms with van der Waals surface area (Å²) in [6.07, 6.45) is 3.06. The van der Waals surface area contributed by atoms with E-state index in [4.69, 9.17) is 5.73 Å². The molecule has 1 aliphatic rings. The van der Waals surface area contributed by atoms with Crippen molar-refractivity contribution in [1.29, 1.82) is 0 Å². The molecule has 7 heteroatoms. The van der Waals surface area contributed by atoms with Crippen LogP contribution in [-0.4, -0.2) is 44.2 Å². The van der Waals surface area contributed by atoms with Crippen LogP contribution in [0.5, 0.6) is 0 Å². The van der Waals surface area contributed by atoms with E-state index in [-0.39, 0.29) is 36.2 Å². The SMILES string of the molecule is Cc1nc(C(=O)N2CCCCC2C(C)N)nn1-c1ccccc1C(C)C.Cl. The lowest BCUT2D eigenvalue weighted by Gasteiger charge is -2.37. The number of nitrogens with two attached hydrogens (primary N) is 1. The summed E-state index contributed by atoms with van der Waals surface area (Å²) in [5.41, 5.74) is 8.28. The van der Waals surface area contributed by atoms with Gasteiger partial charge in [-0.05, 0) is 50.7 Å². The van der Waals surface area contributed by atoms with Crippen LogP contribution in [-0.2, 0) is 0 Å². The number of aryl methyl sites for hydroxylation is 1. The molecule has 1 aromatic carbocycles. The third-order valence-corrected chi connectivity index (χ3v) is 5.16. The van der Waals surface area contributed by atoms with Gasteiger partial charge in [0.05, 0.1) is 5.69 Å². The number of amides is 1. The quantitative estimate of drug-likeness (QED) is 0.865. The van der Waals surface area contributed by atoms with Gasteiger partial charge in [0.1, 0.15) is 5.82 Å². The Hall–Kier alpha value is -1.92. The zero-order chi connectivity index (χ0) is 18.8. The average molecular weight is 392 g/mol. The highest BCUT2D eigenvalue weighted by molar-refractivity contribution is 5.90. The second-order valence-corrected chi connectivity index (χ2v) is 7.53. The predicted molar refractivity (Wildman–Crippen MR) is 110 cm³/mol. The number of rotatable bonds is 4. The van der Waals surface area contributed by atoms with Crippen LogP contribution in [0.2, 0.25) is 0 Å². The number of piperidine rings is 1. The molecule has 0 aliphatic carbocycles. The Morgan fingerprint density at radius 3 is 2.59 bits per heavy atom. The number of aromatic nitrogens is 3. The standard InChI is InChI=1S/C20H29N5O.ClH/c1-13(2)16-9-5-6-11-18(16)25-15(4)22-19(23-25)20(26)24-12-8-7-10-17(24)14(3)21;/h5-6,9,11,13-14,17H,7-8,10,12,21H2,1-4H3;1H. The first kappa shape index (κ1) is 21.4. The maximum absolute atomic E-state index is 13.1. The normalized spacial score (nSPS) is 18.3. The second-order valence-electron chi connectivity index (χ2n) is 7.53. The topological polar surface area (TPSA) is 77.0 Å². The molecule has 27 heavy (non-hydrogen) atoms. The van der Waals surface area contributed by atoms with Crippen LogP contribution in [0.25, 0.3) is 5.69 Å². The fourth-order valence-corrected chi connectivity index (χ4v) is 3.76. The molecule has 1 aliphatic heterocycles. The monoisotopic (exact) mass is 391 g/mol. The molecular formula is C20H30ClN5O. The van der Waals surface area contributed by atoms with Gasteiger partial charge in [0, 0.05) is 18.6 Å². The van der Waals surface area contributed by atoms with Gasteiger partial charge in [0.15, 0.2) is 0 Å². The van der Waals surface area contributed by atoms with E-state index in [1.807, 2.05) is 36.9 Å². The molecule has 2 atom stereocenters. The van der Waals surface area contributed by atoms with Crippen molar-refractivity contribution in [3.05, 3.63) is 41.5 Å². The summed E-state index contributed by atoms with van der Waals surface area (Å²) in [5.74, 6) is 1.22. The number of hydrogen-bond donors (Lipinski definition) is 1. The minimum atomic E-state index is -0.115. The molecule has 0 bridgehead atoms. The van der Waals surface area contributed by atoms with Gasteiger partial charge in [-0.2, -0.15) is 0 Å². The van der Waals surface area contributed by atoms with Crippen molar-refractivity contribution < 1.29 is 4.79 Å². The molecule has 1 aromatic heterocycles. The molecule has 1 fully saturated rings. The Labute approximate surface area is 167 Å². The Morgan fingerprint density at radius 2 is 1.93 bits per heavy atom. The Balaban J connectivity index is 0.00000261. The number of nitrogens with zero attached hydrogens (tertiary/aromatic N) is 4. The smallest absolute Gasteiger partial charge is 0.293 e. The molecule has 0 spiro atoms. The lowest BCUT2D eigenvalue weighted by atomic mass is 9.97. The van der Waals surface area contributed by atoms with Gasteiger partial charge >= 0.3 is 0 Å². The summed E-state index contributed by atoms with van der Waals surface area (Å²) < 4.78 is 1.79. The minimum absolute atomic E-state index is 0. The molecule has 3 rings (SSSR count). The van der Waals surface area contributed by atoms with Crippen LogP contribution in [0, 0.1) is 6.92 Å². The lowest BCUT2D eigenvalue weighted by Crippen LogP contribution is -2.51. The molecule has 0 radical (unpaired) electrons. The Morgan fingerprint density at radius 1 is 1.22 bits per heavy atom. The van der Waals surface area contributed by atoms with Crippen LogP contribution in [0.1, 0.15) is 68.0 Å². The van der Waals surface area contributed by atoms with Crippen molar-refractivity contribution in [3.63, 3.8) is 0 Å². The second kappa shape index (κ2) is 8.85. The zero-order valence-electron chi connectivity index (χ0n) is 16.6. The highest BCUT2D eigenvalue weighted by atomic mass is 35.5. The van der Waals surface area contributed by atoms with E-state index in [9.17, 15) is 4.79 Å². The van der Waals surface area contributed by atoms with Crippen molar-refractivity contribution in [3.8, 4) is 5.69 Å². The summed E-state index contributed by atoms with van der Waals surface area (Å²) >= 11 is 0. The molecule has 1 amide bonds. The maximum Gasteiger partial charge on any atom is 0.293 e. The third kappa shape index (κ3) is 4.33. The van der Waals surface area contributed by atoms with Gasteiger partial charge < -0.3 is 10.6 Å². The van der Waals surface area contributed by atoms with Gasteiger partial charge in [-0.3, -0.25) is 4.79 Å². The number of benzene rings is 1. The summed E-state index contributed by atoms with van der Waals surface area (Å²) in [7, 11) is 0. The van der Waals surface area contributed by atoms with Crippen molar-refractivity contribution in [2.75, 3.05) is 6.54 Å². The Bertz CT molecular complexity index is 786. The lowest BCUT2D eigenvalue weighted by molar-refractivity contribution is 0.0571. The molecule has 2 heterocycles. The van der Waals surface area contributed by atoms with Crippen molar-refractivity contribution in [2.45, 2.75) is 65.0 Å². The minimum Gasteiger partial charge on any atom is -0.331 e. The fraction of sp³-hybridized carbons (Fsp3) is 0.550. The van der Waals surface area contributed by atoms with Crippen molar-refractivity contribution in [1.82, 2.24) is 19.7 Å². The summed E-state index contributed by atoms with van der Waals surface area (Å²) in [4.78, 5) is 19.4. The first-order valence-electron chi connectivity index (χ1n) is 9.49. The van der Waals surface area contributed by atoms with Crippen molar-refractivity contribution in [2.24, 2.45) is 5.73 Å². The maximum atomic E-state index is 13.1. The van der Waals surface area contributed by atoms with E-state index in [1.165, 1.54) is 5.56 Å². The van der Waals surface area contributed by atoms with Gasteiger partial charge in [0.2, 0.25) is 5.82 Å². The van der Waals surface area contributed by atoms with Crippen molar-refractivity contribution >= 4 is 18.3 Å². The number of carbonyl (C=O) groups is 1. The predicted octanol–water partition coefficient (Wildman–Crippen LogP) is 3.46. The number of halogens is 1. The van der Waals surface area contributed by atoms with E-state index in [2.05, 4.69) is 30.0 Å². The number of hydrogen-bond acceptors (Lipinski definition) is 4. The van der Waals surface area contributed by atoms with Crippen LogP contribution in [0.15, 0.2) is 24.3 Å². The van der Waals surface area contributed by atoms with E-state index in [0.717, 1.165) is 37.3 Å². The average Bonchev–Trinajstić information content (AvgIpc) is 3.02. The number of para-hydroxylation sites is 1. The van der Waals surface area contributed by atoms with Gasteiger partial charge in [0.25, 0.3) is 5.91 Å². The highest BCUT2D eigenvalue weighted by Crippen LogP contribution is 2.24. The van der Waals surface area contributed by atoms with Gasteiger partial charge in [-0.15, -0.1) is 17.5 Å². The van der Waals surface area contributed by atoms with Gasteiger partial charge in [-0.25, -0.2) is 9.67 Å². The van der Waals surface area contributed by atoms with E-state index >= 15 is 0 Å². The molecule has 2 aromatic rings. The number of likely N-dealkylation sites (tertiary alicyclic amines) is 1. The number of carbonyl (C=O) groups excluding carboxylic acids is 1. The molecule has 2 N–H and O–H groups in total. The molecule has 0 saturated carbocycles. The molecular weight excluding hydrogens is 362 g/mol. The van der Waals surface area contributed by atoms with E-state index in [1.54, 1.807) is 4.68 Å². The Kier molecular flexibility index (Phi) is 7.00. The third-order valence-electron chi connectivity index (χ3n) is 5.16. The first-order valence-corrected chi connectivity index (χ1v) is 9.49. The fourth-order valence-electron chi connectivity index (χ4n) is 3.76. The highest BCUT2D eigenvalue weighted by Gasteiger charge is 2.32. The molecule has 6 nitrogen and oxygen atoms in total. The van der Waals surface area contributed by atoms with E-state index < -0.39 is 0 Å². The van der Waals surface area contributed by atoms with E-state index in [0.29, 0.717) is 5.92 Å². The van der Waals surface area contributed by atoms with Crippen LogP contribution >= 0.6 is 12.4 Å². The molecule has 2 unspecified atom stereocenters. The zero-order valence-corrected chi connectivity index (χ0v) is 17.4. The van der Waals surface area contributed by atoms with Gasteiger partial charge in [-0.1, -0.05) is 32.0 Å². The molecule has 1 saturated heterocycles. The summed E-state index contributed by atoms with van der Waals surface area (Å²) in [6.45, 7) is 8.88. The van der Waals surface area contributed by atoms with Crippen LogP contribution in [0.3, 0.4) is 0 Å². The largest absolute Gasteiger partial charge is 0.331 e.